The van der Waals surface area contributed by atoms with Gasteiger partial charge in [-0.2, -0.15) is 0 Å². The summed E-state index contributed by atoms with van der Waals surface area (Å²) < 4.78 is 0. The summed E-state index contributed by atoms with van der Waals surface area (Å²) >= 11 is 0. The highest BCUT2D eigenvalue weighted by Crippen LogP contribution is 2.23. The average molecular weight is 429 g/mol. The minimum Gasteiger partial charge on any atom is -0.352 e. The van der Waals surface area contributed by atoms with Crippen LogP contribution in [0.25, 0.3) is 0 Å². The Morgan fingerprint density at radius 2 is 1.61 bits per heavy atom. The Labute approximate surface area is 187 Å². The Bertz CT molecular complexity index is 674. The van der Waals surface area contributed by atoms with E-state index in [1.807, 2.05) is 0 Å². The summed E-state index contributed by atoms with van der Waals surface area (Å²) in [4.78, 5) is 26.4. The van der Waals surface area contributed by atoms with Gasteiger partial charge in [0, 0.05) is 38.6 Å². The highest BCUT2D eigenvalue weighted by Gasteiger charge is 2.24. The molecule has 7 heteroatoms. The molecule has 0 radical (unpaired) electrons. The molecule has 0 atom stereocenters. The van der Waals surface area contributed by atoms with E-state index in [0.29, 0.717) is 11.5 Å². The fourth-order valence-electron chi connectivity index (χ4n) is 5.28. The van der Waals surface area contributed by atoms with Gasteiger partial charge in [-0.3, -0.25) is 4.79 Å². The third-order valence-corrected chi connectivity index (χ3v) is 7.61. The summed E-state index contributed by atoms with van der Waals surface area (Å²) in [5.41, 5.74) is 0.565. The zero-order valence-electron chi connectivity index (χ0n) is 19.2. The Hall–Kier alpha value is -1.73. The van der Waals surface area contributed by atoms with Crippen molar-refractivity contribution in [3.63, 3.8) is 0 Å². The lowest BCUT2D eigenvalue weighted by atomic mass is 9.93. The lowest BCUT2D eigenvalue weighted by molar-refractivity contribution is 0.0931. The molecule has 3 aliphatic rings. The van der Waals surface area contributed by atoms with E-state index >= 15 is 0 Å². The molecule has 0 bridgehead atoms. The molecule has 7 nitrogen and oxygen atoms in total. The zero-order chi connectivity index (χ0) is 21.5. The molecule has 1 aromatic heterocycles. The number of piperidine rings is 3. The van der Waals surface area contributed by atoms with Gasteiger partial charge in [0.1, 0.15) is 0 Å². The Balaban J connectivity index is 1.16. The van der Waals surface area contributed by atoms with Crippen molar-refractivity contribution in [2.24, 2.45) is 17.8 Å². The van der Waals surface area contributed by atoms with Gasteiger partial charge in [-0.25, -0.2) is 9.97 Å². The van der Waals surface area contributed by atoms with E-state index in [9.17, 15) is 4.79 Å². The second-order valence-corrected chi connectivity index (χ2v) is 9.76. The van der Waals surface area contributed by atoms with Crippen LogP contribution in [0.2, 0.25) is 0 Å². The van der Waals surface area contributed by atoms with Crippen molar-refractivity contribution in [2.75, 3.05) is 57.3 Å². The van der Waals surface area contributed by atoms with Crippen molar-refractivity contribution >= 4 is 11.9 Å². The fourth-order valence-corrected chi connectivity index (χ4v) is 5.28. The fraction of sp³-hybridized carbons (Fsp3) is 0.792. The van der Waals surface area contributed by atoms with Crippen molar-refractivity contribution in [2.45, 2.75) is 51.9 Å². The van der Waals surface area contributed by atoms with E-state index in [2.05, 4.69) is 37.3 Å². The summed E-state index contributed by atoms with van der Waals surface area (Å²) in [6.45, 7) is 11.0. The molecule has 0 aliphatic carbocycles. The smallest absolute Gasteiger partial charge is 0.254 e. The minimum absolute atomic E-state index is 0.0478. The number of likely N-dealkylation sites (tertiary alicyclic amines) is 1. The summed E-state index contributed by atoms with van der Waals surface area (Å²) in [5, 5.41) is 6.57. The van der Waals surface area contributed by atoms with Gasteiger partial charge in [-0.05, 0) is 82.5 Å². The van der Waals surface area contributed by atoms with Gasteiger partial charge >= 0.3 is 0 Å². The third-order valence-electron chi connectivity index (χ3n) is 7.61. The summed E-state index contributed by atoms with van der Waals surface area (Å²) in [7, 11) is 0. The number of nitrogens with one attached hydrogen (secondary N) is 2. The molecule has 4 rings (SSSR count). The number of aromatic nitrogens is 2. The molecule has 2 N–H and O–H groups in total. The normalized spacial score (nSPS) is 22.5. The van der Waals surface area contributed by atoms with Crippen molar-refractivity contribution in [3.8, 4) is 0 Å². The molecule has 31 heavy (non-hydrogen) atoms. The first kappa shape index (κ1) is 22.5. The highest BCUT2D eigenvalue weighted by molar-refractivity contribution is 5.93. The average Bonchev–Trinajstić information content (AvgIpc) is 2.84. The molecular formula is C24H40N6O. The third kappa shape index (κ3) is 6.39. The number of carbonyl (C=O) groups is 1. The van der Waals surface area contributed by atoms with Crippen LogP contribution in [0.5, 0.6) is 0 Å². The topological polar surface area (TPSA) is 73.4 Å². The number of carbonyl (C=O) groups excluding carboxylic acids is 1. The van der Waals surface area contributed by atoms with Crippen molar-refractivity contribution in [3.05, 3.63) is 18.0 Å². The van der Waals surface area contributed by atoms with Gasteiger partial charge in [0.15, 0.2) is 0 Å². The van der Waals surface area contributed by atoms with E-state index in [4.69, 9.17) is 0 Å². The predicted octanol–water partition coefficient (Wildman–Crippen LogP) is 2.54. The maximum absolute atomic E-state index is 12.6. The van der Waals surface area contributed by atoms with Crippen LogP contribution in [0, 0.1) is 17.8 Å². The first-order chi connectivity index (χ1) is 15.2. The molecule has 0 aromatic carbocycles. The number of nitrogens with zero attached hydrogens (tertiary/aromatic N) is 4. The van der Waals surface area contributed by atoms with Crippen LogP contribution in [0.4, 0.5) is 5.95 Å². The highest BCUT2D eigenvalue weighted by atomic mass is 16.1. The Morgan fingerprint density at radius 1 is 0.968 bits per heavy atom. The zero-order valence-corrected chi connectivity index (χ0v) is 19.2. The number of hydrogen-bond donors (Lipinski definition) is 2. The molecule has 172 valence electrons. The first-order valence-corrected chi connectivity index (χ1v) is 12.5. The molecule has 3 aliphatic heterocycles. The lowest BCUT2D eigenvalue weighted by Crippen LogP contribution is -2.42. The molecule has 4 heterocycles. The van der Waals surface area contributed by atoms with Gasteiger partial charge in [0.25, 0.3) is 5.91 Å². The molecule has 3 saturated heterocycles. The summed E-state index contributed by atoms with van der Waals surface area (Å²) in [6.07, 6.45) is 12.0. The second-order valence-electron chi connectivity index (χ2n) is 9.76. The molecule has 1 aromatic rings. The van der Waals surface area contributed by atoms with Gasteiger partial charge in [-0.15, -0.1) is 0 Å². The van der Waals surface area contributed by atoms with E-state index in [0.717, 1.165) is 50.5 Å². The van der Waals surface area contributed by atoms with Gasteiger partial charge in [-0.1, -0.05) is 13.3 Å². The lowest BCUT2D eigenvalue weighted by Gasteiger charge is -2.35. The van der Waals surface area contributed by atoms with Crippen LogP contribution in [0.15, 0.2) is 12.4 Å². The molecule has 0 unspecified atom stereocenters. The van der Waals surface area contributed by atoms with Crippen LogP contribution < -0.4 is 15.5 Å². The predicted molar refractivity (Wildman–Crippen MR) is 124 cm³/mol. The Morgan fingerprint density at radius 3 is 2.26 bits per heavy atom. The first-order valence-electron chi connectivity index (χ1n) is 12.5. The maximum atomic E-state index is 12.6. The monoisotopic (exact) mass is 428 g/mol. The number of hydrogen-bond acceptors (Lipinski definition) is 6. The summed E-state index contributed by atoms with van der Waals surface area (Å²) in [6, 6.07) is 0. The van der Waals surface area contributed by atoms with Crippen molar-refractivity contribution in [1.29, 1.82) is 0 Å². The quantitative estimate of drug-likeness (QED) is 0.695. The van der Waals surface area contributed by atoms with Crippen LogP contribution in [-0.2, 0) is 0 Å². The van der Waals surface area contributed by atoms with Gasteiger partial charge < -0.3 is 20.4 Å². The molecule has 3 fully saturated rings. The number of anilines is 1. The van der Waals surface area contributed by atoms with Crippen LogP contribution >= 0.6 is 0 Å². The van der Waals surface area contributed by atoms with Crippen molar-refractivity contribution < 1.29 is 4.79 Å². The maximum Gasteiger partial charge on any atom is 0.254 e. The SMILES string of the molecule is CCC1CCN(c2ncc(C(=O)NCC3CCN(CC4CCNCC4)CC3)cn2)CC1. The second kappa shape index (κ2) is 11.2. The van der Waals surface area contributed by atoms with E-state index in [1.54, 1.807) is 12.4 Å². The standard InChI is InChI=1S/C24H40N6O/c1-2-19-7-13-30(14-8-19)24-27-16-22(17-28-24)23(31)26-15-20-5-11-29(12-6-20)18-21-3-9-25-10-4-21/h16-17,19-21,25H,2-15,18H2,1H3,(H,26,31). The van der Waals surface area contributed by atoms with Gasteiger partial charge in [0.05, 0.1) is 5.56 Å². The molecular weight excluding hydrogens is 388 g/mol. The Kier molecular flexibility index (Phi) is 8.14. The minimum atomic E-state index is -0.0478. The number of amides is 1. The van der Waals surface area contributed by atoms with E-state index < -0.39 is 0 Å². The van der Waals surface area contributed by atoms with Crippen LogP contribution in [0.1, 0.15) is 62.2 Å². The number of rotatable bonds is 7. The largest absolute Gasteiger partial charge is 0.352 e. The van der Waals surface area contributed by atoms with Crippen molar-refractivity contribution in [1.82, 2.24) is 25.5 Å². The van der Waals surface area contributed by atoms with Gasteiger partial charge in [0.2, 0.25) is 5.95 Å². The van der Waals surface area contributed by atoms with E-state index in [-0.39, 0.29) is 5.91 Å². The van der Waals surface area contributed by atoms with E-state index in [1.165, 1.54) is 64.6 Å². The van der Waals surface area contributed by atoms with Crippen LogP contribution in [-0.4, -0.2) is 73.1 Å². The molecule has 1 amide bonds. The van der Waals surface area contributed by atoms with Crippen LogP contribution in [0.3, 0.4) is 0 Å². The molecule has 0 spiro atoms. The molecule has 0 saturated carbocycles. The summed E-state index contributed by atoms with van der Waals surface area (Å²) in [5.74, 6) is 2.98.